The highest BCUT2D eigenvalue weighted by Gasteiger charge is 2.08. The molecule has 1 aromatic carbocycles. The fourth-order valence-electron chi connectivity index (χ4n) is 2.36. The van der Waals surface area contributed by atoms with E-state index >= 15 is 0 Å². The van der Waals surface area contributed by atoms with Crippen LogP contribution in [0.4, 0.5) is 0 Å². The lowest BCUT2D eigenvalue weighted by atomic mass is 9.99. The molecule has 0 saturated carbocycles. The predicted molar refractivity (Wildman–Crippen MR) is 78.0 cm³/mol. The molecule has 1 aliphatic rings. The molecule has 5 nitrogen and oxygen atoms in total. The molecule has 0 atom stereocenters. The van der Waals surface area contributed by atoms with Crippen LogP contribution in [-0.4, -0.2) is 39.6 Å². The van der Waals surface area contributed by atoms with Crippen molar-refractivity contribution >= 4 is 5.57 Å². The van der Waals surface area contributed by atoms with Crippen LogP contribution in [-0.2, 0) is 6.54 Å². The Hall–Kier alpha value is -1.98. The number of nitrogens with one attached hydrogen (secondary N) is 1. The maximum atomic E-state index is 8.88. The Labute approximate surface area is 118 Å². The van der Waals surface area contributed by atoms with Crippen LogP contribution < -0.4 is 5.32 Å². The molecule has 3 rings (SSSR count). The summed E-state index contributed by atoms with van der Waals surface area (Å²) < 4.78 is 1.65. The second-order valence-corrected chi connectivity index (χ2v) is 4.82. The Balaban J connectivity index is 1.79. The van der Waals surface area contributed by atoms with Crippen LogP contribution >= 0.6 is 0 Å². The fourth-order valence-corrected chi connectivity index (χ4v) is 2.36. The van der Waals surface area contributed by atoms with Gasteiger partial charge in [0.1, 0.15) is 6.33 Å². The van der Waals surface area contributed by atoms with E-state index in [9.17, 15) is 0 Å². The molecule has 5 heteroatoms. The number of benzene rings is 1. The molecule has 0 bridgehead atoms. The molecule has 2 N–H and O–H groups in total. The van der Waals surface area contributed by atoms with E-state index in [1.165, 1.54) is 11.1 Å². The molecular formula is C15H18N4O. The van der Waals surface area contributed by atoms with Crippen molar-refractivity contribution in [2.45, 2.75) is 13.0 Å². The zero-order valence-corrected chi connectivity index (χ0v) is 11.3. The molecule has 0 unspecified atom stereocenters. The van der Waals surface area contributed by atoms with Gasteiger partial charge < -0.3 is 10.4 Å². The van der Waals surface area contributed by atoms with Gasteiger partial charge in [0.05, 0.1) is 13.2 Å². The molecule has 0 amide bonds. The average molecular weight is 270 g/mol. The van der Waals surface area contributed by atoms with Gasteiger partial charge in [0.25, 0.3) is 0 Å². The van der Waals surface area contributed by atoms with Crippen molar-refractivity contribution in [2.75, 3.05) is 19.7 Å². The maximum absolute atomic E-state index is 8.88. The van der Waals surface area contributed by atoms with E-state index in [1.54, 1.807) is 11.0 Å². The maximum Gasteiger partial charge on any atom is 0.181 e. The molecule has 0 radical (unpaired) electrons. The molecule has 1 aromatic heterocycles. The smallest absolute Gasteiger partial charge is 0.181 e. The lowest BCUT2D eigenvalue weighted by molar-refractivity contribution is 0.269. The van der Waals surface area contributed by atoms with Gasteiger partial charge in [-0.1, -0.05) is 30.3 Å². The molecule has 104 valence electrons. The molecule has 20 heavy (non-hydrogen) atoms. The van der Waals surface area contributed by atoms with E-state index in [-0.39, 0.29) is 6.61 Å². The van der Waals surface area contributed by atoms with Gasteiger partial charge in [-0.3, -0.25) is 4.68 Å². The summed E-state index contributed by atoms with van der Waals surface area (Å²) in [6.07, 6.45) is 4.96. The number of hydrogen-bond acceptors (Lipinski definition) is 4. The van der Waals surface area contributed by atoms with E-state index in [1.807, 2.05) is 0 Å². The number of nitrogens with zero attached hydrogens (tertiary/aromatic N) is 3. The molecule has 0 aliphatic carbocycles. The van der Waals surface area contributed by atoms with Crippen LogP contribution in [0.1, 0.15) is 12.0 Å². The zero-order chi connectivity index (χ0) is 13.8. The Kier molecular flexibility index (Phi) is 3.90. The molecule has 0 spiro atoms. The second-order valence-electron chi connectivity index (χ2n) is 4.82. The first-order valence-corrected chi connectivity index (χ1v) is 6.88. The lowest BCUT2D eigenvalue weighted by Gasteiger charge is -2.14. The summed E-state index contributed by atoms with van der Waals surface area (Å²) in [5, 5.41) is 16.5. The summed E-state index contributed by atoms with van der Waals surface area (Å²) in [5.74, 6) is 0.698. The zero-order valence-electron chi connectivity index (χ0n) is 11.3. The van der Waals surface area contributed by atoms with Crippen molar-refractivity contribution in [3.05, 3.63) is 42.2 Å². The van der Waals surface area contributed by atoms with Gasteiger partial charge in [-0.25, -0.2) is 4.98 Å². The topological polar surface area (TPSA) is 63.0 Å². The lowest BCUT2D eigenvalue weighted by Crippen LogP contribution is -2.19. The summed E-state index contributed by atoms with van der Waals surface area (Å²) in [6, 6.07) is 8.35. The number of aromatic nitrogens is 3. The first-order valence-electron chi connectivity index (χ1n) is 6.88. The minimum atomic E-state index is 0.0733. The number of aliphatic hydroxyl groups excluding tert-OH is 1. The molecule has 0 fully saturated rings. The Morgan fingerprint density at radius 3 is 2.70 bits per heavy atom. The summed E-state index contributed by atoms with van der Waals surface area (Å²) in [4.78, 5) is 4.26. The van der Waals surface area contributed by atoms with Gasteiger partial charge in [-0.2, -0.15) is 5.10 Å². The number of aliphatic hydroxyl groups is 1. The number of hydrogen-bond donors (Lipinski definition) is 2. The molecule has 1 aliphatic heterocycles. The first kappa shape index (κ1) is 13.0. The summed E-state index contributed by atoms with van der Waals surface area (Å²) in [5.41, 5.74) is 3.67. The van der Waals surface area contributed by atoms with E-state index in [0.29, 0.717) is 12.4 Å². The van der Waals surface area contributed by atoms with Gasteiger partial charge in [0.2, 0.25) is 0 Å². The van der Waals surface area contributed by atoms with Gasteiger partial charge in [0.15, 0.2) is 5.82 Å². The third-order valence-corrected chi connectivity index (χ3v) is 3.44. The molecule has 2 heterocycles. The minimum Gasteiger partial charge on any atom is -0.394 e. The predicted octanol–water partition coefficient (Wildman–Crippen LogP) is 1.31. The minimum absolute atomic E-state index is 0.0733. The molecule has 2 aromatic rings. The van der Waals surface area contributed by atoms with E-state index < -0.39 is 0 Å². The van der Waals surface area contributed by atoms with E-state index in [4.69, 9.17) is 5.11 Å². The SMILES string of the molecule is OCCn1cnc(-c2ccc(C3=CCNCC3)cc2)n1. The van der Waals surface area contributed by atoms with E-state index in [0.717, 1.165) is 25.1 Å². The van der Waals surface area contributed by atoms with Crippen molar-refractivity contribution in [3.8, 4) is 11.4 Å². The summed E-state index contributed by atoms with van der Waals surface area (Å²) in [7, 11) is 0. The third-order valence-electron chi connectivity index (χ3n) is 3.44. The fraction of sp³-hybridized carbons (Fsp3) is 0.333. The van der Waals surface area contributed by atoms with Crippen LogP contribution in [0.5, 0.6) is 0 Å². The van der Waals surface area contributed by atoms with Crippen molar-refractivity contribution in [1.82, 2.24) is 20.1 Å². The highest BCUT2D eigenvalue weighted by Crippen LogP contribution is 2.22. The Morgan fingerprint density at radius 2 is 2.00 bits per heavy atom. The Morgan fingerprint density at radius 1 is 1.20 bits per heavy atom. The third kappa shape index (κ3) is 2.79. The molecular weight excluding hydrogens is 252 g/mol. The normalized spacial score (nSPS) is 15.2. The second kappa shape index (κ2) is 5.98. The quantitative estimate of drug-likeness (QED) is 0.879. The average Bonchev–Trinajstić information content (AvgIpc) is 2.97. The van der Waals surface area contributed by atoms with Crippen molar-refractivity contribution in [1.29, 1.82) is 0 Å². The van der Waals surface area contributed by atoms with Gasteiger partial charge >= 0.3 is 0 Å². The monoisotopic (exact) mass is 270 g/mol. The van der Waals surface area contributed by atoms with Crippen LogP contribution in [0.15, 0.2) is 36.7 Å². The van der Waals surface area contributed by atoms with Crippen molar-refractivity contribution in [2.24, 2.45) is 0 Å². The highest BCUT2D eigenvalue weighted by atomic mass is 16.3. The van der Waals surface area contributed by atoms with Gasteiger partial charge in [0, 0.05) is 12.1 Å². The van der Waals surface area contributed by atoms with Crippen LogP contribution in [0, 0.1) is 0 Å². The first-order chi connectivity index (χ1) is 9.86. The highest BCUT2D eigenvalue weighted by molar-refractivity contribution is 5.69. The standard InChI is InChI=1S/C15H18N4O/c20-10-9-19-11-17-15(18-19)14-3-1-12(2-4-14)13-5-7-16-8-6-13/h1-5,11,16,20H,6-10H2. The van der Waals surface area contributed by atoms with Crippen LogP contribution in [0.2, 0.25) is 0 Å². The van der Waals surface area contributed by atoms with Gasteiger partial charge in [-0.15, -0.1) is 0 Å². The largest absolute Gasteiger partial charge is 0.394 e. The summed E-state index contributed by atoms with van der Waals surface area (Å²) in [6.45, 7) is 2.54. The van der Waals surface area contributed by atoms with Crippen molar-refractivity contribution in [3.63, 3.8) is 0 Å². The van der Waals surface area contributed by atoms with E-state index in [2.05, 4.69) is 45.7 Å². The number of rotatable bonds is 4. The van der Waals surface area contributed by atoms with Crippen LogP contribution in [0.3, 0.4) is 0 Å². The molecule has 0 saturated heterocycles. The van der Waals surface area contributed by atoms with Crippen molar-refractivity contribution < 1.29 is 5.11 Å². The Bertz CT molecular complexity index is 601. The van der Waals surface area contributed by atoms with Crippen LogP contribution in [0.25, 0.3) is 17.0 Å². The van der Waals surface area contributed by atoms with Gasteiger partial charge in [-0.05, 0) is 24.1 Å². The summed E-state index contributed by atoms with van der Waals surface area (Å²) >= 11 is 0.